The van der Waals surface area contributed by atoms with Crippen LogP contribution in [0, 0.1) is 6.92 Å². The number of aryl methyl sites for hydroxylation is 1. The van der Waals surface area contributed by atoms with Gasteiger partial charge in [0.1, 0.15) is 5.75 Å². The van der Waals surface area contributed by atoms with Gasteiger partial charge < -0.3 is 10.4 Å². The van der Waals surface area contributed by atoms with Gasteiger partial charge in [0.15, 0.2) is 0 Å². The number of phenolic OH excluding ortho intramolecular Hbond substituents is 1. The zero-order chi connectivity index (χ0) is 13.1. The van der Waals surface area contributed by atoms with Crippen LogP contribution >= 0.6 is 27.5 Å². The molecule has 0 heterocycles. The minimum absolute atomic E-state index is 0.246. The molecule has 0 aliphatic heterocycles. The summed E-state index contributed by atoms with van der Waals surface area (Å²) in [4.78, 5) is 0. The summed E-state index contributed by atoms with van der Waals surface area (Å²) >= 11 is 9.39. The molecule has 0 aliphatic rings. The van der Waals surface area contributed by atoms with Gasteiger partial charge in [0.25, 0.3) is 0 Å². The van der Waals surface area contributed by atoms with Crippen LogP contribution in [0.5, 0.6) is 5.75 Å². The lowest BCUT2D eigenvalue weighted by Gasteiger charge is -2.11. The van der Waals surface area contributed by atoms with E-state index in [0.717, 1.165) is 15.7 Å². The number of phenols is 1. The first-order chi connectivity index (χ1) is 8.56. The molecule has 18 heavy (non-hydrogen) atoms. The van der Waals surface area contributed by atoms with E-state index >= 15 is 0 Å². The molecule has 0 aliphatic carbocycles. The Bertz CT molecular complexity index is 520. The Morgan fingerprint density at radius 1 is 1.22 bits per heavy atom. The van der Waals surface area contributed by atoms with Crippen molar-refractivity contribution in [1.29, 1.82) is 0 Å². The van der Waals surface area contributed by atoms with E-state index in [1.54, 1.807) is 18.2 Å². The summed E-state index contributed by atoms with van der Waals surface area (Å²) in [6, 6.07) is 11.1. The molecule has 2 nitrogen and oxygen atoms in total. The smallest absolute Gasteiger partial charge is 0.120 e. The first-order valence-electron chi connectivity index (χ1n) is 5.53. The predicted molar refractivity (Wildman–Crippen MR) is 79.3 cm³/mol. The van der Waals surface area contributed by atoms with Crippen LogP contribution in [0.1, 0.15) is 11.1 Å². The SMILES string of the molecule is Cc1ccc(Br)c(NCc2cc(Cl)ccc2O)c1. The molecule has 0 atom stereocenters. The molecule has 0 radical (unpaired) electrons. The highest BCUT2D eigenvalue weighted by Gasteiger charge is 2.04. The average molecular weight is 327 g/mol. The number of benzene rings is 2. The lowest BCUT2D eigenvalue weighted by molar-refractivity contribution is 0.469. The molecule has 0 unspecified atom stereocenters. The highest BCUT2D eigenvalue weighted by Crippen LogP contribution is 2.26. The molecule has 2 aromatic rings. The Kier molecular flexibility index (Phi) is 4.15. The van der Waals surface area contributed by atoms with Gasteiger partial charge >= 0.3 is 0 Å². The number of hydrogen-bond donors (Lipinski definition) is 2. The fourth-order valence-corrected chi connectivity index (χ4v) is 2.24. The molecule has 0 saturated heterocycles. The standard InChI is InChI=1S/C14H13BrClNO/c1-9-2-4-12(15)13(6-9)17-8-10-7-11(16)3-5-14(10)18/h2-7,17-18H,8H2,1H3. The largest absolute Gasteiger partial charge is 0.508 e. The quantitative estimate of drug-likeness (QED) is 0.854. The second kappa shape index (κ2) is 5.63. The van der Waals surface area contributed by atoms with Crippen molar-refractivity contribution in [3.05, 3.63) is 57.0 Å². The van der Waals surface area contributed by atoms with E-state index < -0.39 is 0 Å². The summed E-state index contributed by atoms with van der Waals surface area (Å²) in [6.45, 7) is 2.56. The van der Waals surface area contributed by atoms with Gasteiger partial charge in [-0.3, -0.25) is 0 Å². The molecule has 0 amide bonds. The Labute approximate surface area is 120 Å². The lowest BCUT2D eigenvalue weighted by Crippen LogP contribution is -2.00. The molecule has 0 fully saturated rings. The second-order valence-corrected chi connectivity index (χ2v) is 5.40. The number of aromatic hydroxyl groups is 1. The topological polar surface area (TPSA) is 32.3 Å². The highest BCUT2D eigenvalue weighted by atomic mass is 79.9. The Morgan fingerprint density at radius 3 is 2.78 bits per heavy atom. The molecule has 2 aromatic carbocycles. The maximum absolute atomic E-state index is 9.73. The fourth-order valence-electron chi connectivity index (χ4n) is 1.66. The van der Waals surface area contributed by atoms with Crippen LogP contribution in [-0.4, -0.2) is 5.11 Å². The molecule has 4 heteroatoms. The first-order valence-corrected chi connectivity index (χ1v) is 6.71. The Morgan fingerprint density at radius 2 is 2.00 bits per heavy atom. The van der Waals surface area contributed by atoms with Crippen LogP contribution in [0.2, 0.25) is 5.02 Å². The molecular formula is C14H13BrClNO. The molecule has 94 valence electrons. The van der Waals surface area contributed by atoms with Crippen molar-refractivity contribution in [2.75, 3.05) is 5.32 Å². The summed E-state index contributed by atoms with van der Waals surface area (Å²) in [7, 11) is 0. The van der Waals surface area contributed by atoms with Crippen molar-refractivity contribution in [3.8, 4) is 5.75 Å². The van der Waals surface area contributed by atoms with Crippen molar-refractivity contribution in [1.82, 2.24) is 0 Å². The summed E-state index contributed by atoms with van der Waals surface area (Å²) in [5, 5.41) is 13.6. The van der Waals surface area contributed by atoms with Crippen LogP contribution in [0.15, 0.2) is 40.9 Å². The van der Waals surface area contributed by atoms with E-state index in [4.69, 9.17) is 11.6 Å². The molecule has 2 rings (SSSR count). The number of halogens is 2. The Balaban J connectivity index is 2.16. The minimum Gasteiger partial charge on any atom is -0.508 e. The predicted octanol–water partition coefficient (Wildman–Crippen LogP) is 4.73. The van der Waals surface area contributed by atoms with Gasteiger partial charge in [0.05, 0.1) is 0 Å². The van der Waals surface area contributed by atoms with Crippen LogP contribution < -0.4 is 5.32 Å². The zero-order valence-corrected chi connectivity index (χ0v) is 12.2. The van der Waals surface area contributed by atoms with Crippen LogP contribution in [-0.2, 0) is 6.54 Å². The van der Waals surface area contributed by atoms with E-state index in [0.29, 0.717) is 11.6 Å². The third-order valence-electron chi connectivity index (χ3n) is 2.63. The van der Waals surface area contributed by atoms with E-state index in [9.17, 15) is 5.11 Å². The Hall–Kier alpha value is -1.19. The van der Waals surface area contributed by atoms with Crippen molar-refractivity contribution in [2.24, 2.45) is 0 Å². The van der Waals surface area contributed by atoms with Crippen molar-refractivity contribution >= 4 is 33.2 Å². The van der Waals surface area contributed by atoms with Crippen LogP contribution in [0.4, 0.5) is 5.69 Å². The monoisotopic (exact) mass is 325 g/mol. The summed E-state index contributed by atoms with van der Waals surface area (Å²) in [6.07, 6.45) is 0. The van der Waals surface area contributed by atoms with Gasteiger partial charge in [-0.15, -0.1) is 0 Å². The number of hydrogen-bond acceptors (Lipinski definition) is 2. The van der Waals surface area contributed by atoms with Gasteiger partial charge in [0, 0.05) is 27.3 Å². The van der Waals surface area contributed by atoms with E-state index in [1.165, 1.54) is 5.56 Å². The minimum atomic E-state index is 0.246. The molecule has 0 saturated carbocycles. The molecule has 0 bridgehead atoms. The fraction of sp³-hybridized carbons (Fsp3) is 0.143. The summed E-state index contributed by atoms with van der Waals surface area (Å²) in [5.41, 5.74) is 2.95. The maximum atomic E-state index is 9.73. The van der Waals surface area contributed by atoms with Crippen molar-refractivity contribution in [3.63, 3.8) is 0 Å². The van der Waals surface area contributed by atoms with Crippen molar-refractivity contribution in [2.45, 2.75) is 13.5 Å². The molecule has 0 aromatic heterocycles. The summed E-state index contributed by atoms with van der Waals surface area (Å²) < 4.78 is 0.995. The normalized spacial score (nSPS) is 10.4. The zero-order valence-electron chi connectivity index (χ0n) is 9.87. The molecule has 2 N–H and O–H groups in total. The lowest BCUT2D eigenvalue weighted by atomic mass is 10.2. The van der Waals surface area contributed by atoms with Crippen LogP contribution in [0.3, 0.4) is 0 Å². The number of rotatable bonds is 3. The third kappa shape index (κ3) is 3.18. The molecular weight excluding hydrogens is 314 g/mol. The summed E-state index contributed by atoms with van der Waals surface area (Å²) in [5.74, 6) is 0.246. The van der Waals surface area contributed by atoms with Gasteiger partial charge in [-0.2, -0.15) is 0 Å². The van der Waals surface area contributed by atoms with Gasteiger partial charge in [-0.1, -0.05) is 17.7 Å². The average Bonchev–Trinajstić information content (AvgIpc) is 2.34. The van der Waals surface area contributed by atoms with Gasteiger partial charge in [-0.25, -0.2) is 0 Å². The second-order valence-electron chi connectivity index (χ2n) is 4.11. The van der Waals surface area contributed by atoms with E-state index in [-0.39, 0.29) is 5.75 Å². The molecule has 0 spiro atoms. The van der Waals surface area contributed by atoms with E-state index in [2.05, 4.69) is 21.2 Å². The maximum Gasteiger partial charge on any atom is 0.120 e. The highest BCUT2D eigenvalue weighted by molar-refractivity contribution is 9.10. The van der Waals surface area contributed by atoms with E-state index in [1.807, 2.05) is 25.1 Å². The first kappa shape index (κ1) is 13.2. The number of nitrogens with one attached hydrogen (secondary N) is 1. The van der Waals surface area contributed by atoms with Gasteiger partial charge in [-0.05, 0) is 58.7 Å². The van der Waals surface area contributed by atoms with Gasteiger partial charge in [0.2, 0.25) is 0 Å². The van der Waals surface area contributed by atoms with Crippen molar-refractivity contribution < 1.29 is 5.11 Å². The third-order valence-corrected chi connectivity index (χ3v) is 3.56. The van der Waals surface area contributed by atoms with Crippen LogP contribution in [0.25, 0.3) is 0 Å². The number of anilines is 1.